The van der Waals surface area contributed by atoms with Crippen LogP contribution in [0, 0.1) is 5.92 Å². The Kier molecular flexibility index (Phi) is 5.14. The van der Waals surface area contributed by atoms with Gasteiger partial charge < -0.3 is 9.47 Å². The van der Waals surface area contributed by atoms with Crippen LogP contribution in [-0.4, -0.2) is 25.7 Å². The van der Waals surface area contributed by atoms with Gasteiger partial charge in [0.2, 0.25) is 0 Å². The maximum absolute atomic E-state index is 12.0. The van der Waals surface area contributed by atoms with E-state index < -0.39 is 0 Å². The number of carbonyl (C=O) groups is 2. The Bertz CT molecular complexity index is 533. The first-order valence-corrected chi connectivity index (χ1v) is 7.16. The molecule has 1 aliphatic carbocycles. The molecule has 2 atom stereocenters. The number of hydrogen-bond donors (Lipinski definition) is 0. The SMILES string of the molecule is CCOC(=O)C1=CC(c2ccccc2)CC(C(=O)OC)C1. The first-order chi connectivity index (χ1) is 10.2. The lowest BCUT2D eigenvalue weighted by molar-refractivity contribution is -0.146. The van der Waals surface area contributed by atoms with Crippen molar-refractivity contribution in [1.29, 1.82) is 0 Å². The fourth-order valence-electron chi connectivity index (χ4n) is 2.69. The molecule has 2 rings (SSSR count). The van der Waals surface area contributed by atoms with Crippen molar-refractivity contribution in [2.75, 3.05) is 13.7 Å². The summed E-state index contributed by atoms with van der Waals surface area (Å²) in [4.78, 5) is 23.9. The van der Waals surface area contributed by atoms with Crippen LogP contribution < -0.4 is 0 Å². The van der Waals surface area contributed by atoms with Gasteiger partial charge in [-0.05, 0) is 25.3 Å². The van der Waals surface area contributed by atoms with E-state index in [1.54, 1.807) is 6.92 Å². The zero-order valence-corrected chi connectivity index (χ0v) is 12.4. The first-order valence-electron chi connectivity index (χ1n) is 7.16. The minimum atomic E-state index is -0.341. The summed E-state index contributed by atoms with van der Waals surface area (Å²) in [7, 11) is 1.38. The molecule has 0 spiro atoms. The number of methoxy groups -OCH3 is 1. The van der Waals surface area contributed by atoms with Crippen molar-refractivity contribution in [2.45, 2.75) is 25.7 Å². The Morgan fingerprint density at radius 1 is 1.24 bits per heavy atom. The molecule has 112 valence electrons. The summed E-state index contributed by atoms with van der Waals surface area (Å²) >= 11 is 0. The number of benzene rings is 1. The van der Waals surface area contributed by atoms with Crippen LogP contribution in [0.15, 0.2) is 42.0 Å². The fourth-order valence-corrected chi connectivity index (χ4v) is 2.69. The molecule has 0 N–H and O–H groups in total. The molecule has 0 aliphatic heterocycles. The largest absolute Gasteiger partial charge is 0.469 e. The highest BCUT2D eigenvalue weighted by molar-refractivity contribution is 5.90. The standard InChI is InChI=1S/C17H20O4/c1-3-21-17(19)15-10-13(12-7-5-4-6-8-12)9-14(11-15)16(18)20-2/h4-8,10,13-14H,3,9,11H2,1-2H3. The molecule has 1 aromatic carbocycles. The molecular weight excluding hydrogens is 268 g/mol. The van der Waals surface area contributed by atoms with Crippen LogP contribution in [-0.2, 0) is 19.1 Å². The summed E-state index contributed by atoms with van der Waals surface area (Å²) in [6.07, 6.45) is 2.96. The summed E-state index contributed by atoms with van der Waals surface area (Å²) in [6, 6.07) is 9.86. The average Bonchev–Trinajstić information content (AvgIpc) is 2.54. The molecule has 0 fully saturated rings. The smallest absolute Gasteiger partial charge is 0.333 e. The Hall–Kier alpha value is -2.10. The van der Waals surface area contributed by atoms with E-state index in [1.807, 2.05) is 36.4 Å². The Balaban J connectivity index is 2.28. The molecule has 0 saturated heterocycles. The zero-order chi connectivity index (χ0) is 15.2. The van der Waals surface area contributed by atoms with Crippen LogP contribution in [0.4, 0.5) is 0 Å². The Morgan fingerprint density at radius 3 is 2.57 bits per heavy atom. The number of ether oxygens (including phenoxy) is 2. The molecule has 4 heteroatoms. The van der Waals surface area contributed by atoms with Gasteiger partial charge in [0.25, 0.3) is 0 Å². The second kappa shape index (κ2) is 7.07. The maximum atomic E-state index is 12.0. The Morgan fingerprint density at radius 2 is 1.95 bits per heavy atom. The van der Waals surface area contributed by atoms with Crippen molar-refractivity contribution in [3.63, 3.8) is 0 Å². The van der Waals surface area contributed by atoms with E-state index in [0.29, 0.717) is 25.0 Å². The quantitative estimate of drug-likeness (QED) is 0.799. The predicted molar refractivity (Wildman–Crippen MR) is 78.6 cm³/mol. The van der Waals surface area contributed by atoms with Gasteiger partial charge in [-0.15, -0.1) is 0 Å². The van der Waals surface area contributed by atoms with Crippen LogP contribution in [0.5, 0.6) is 0 Å². The lowest BCUT2D eigenvalue weighted by atomic mass is 9.79. The van der Waals surface area contributed by atoms with Gasteiger partial charge in [0, 0.05) is 11.5 Å². The van der Waals surface area contributed by atoms with Gasteiger partial charge in [-0.1, -0.05) is 36.4 Å². The summed E-state index contributed by atoms with van der Waals surface area (Å²) in [5, 5.41) is 0. The number of esters is 2. The van der Waals surface area contributed by atoms with Crippen molar-refractivity contribution in [1.82, 2.24) is 0 Å². The number of carbonyl (C=O) groups excluding carboxylic acids is 2. The monoisotopic (exact) mass is 288 g/mol. The van der Waals surface area contributed by atoms with Crippen LogP contribution in [0.3, 0.4) is 0 Å². The van der Waals surface area contributed by atoms with Gasteiger partial charge in [-0.3, -0.25) is 4.79 Å². The van der Waals surface area contributed by atoms with Gasteiger partial charge in [-0.2, -0.15) is 0 Å². The highest BCUT2D eigenvalue weighted by atomic mass is 16.5. The summed E-state index contributed by atoms with van der Waals surface area (Å²) in [5.74, 6) is -0.883. The highest BCUT2D eigenvalue weighted by Crippen LogP contribution is 2.35. The topological polar surface area (TPSA) is 52.6 Å². The van der Waals surface area contributed by atoms with E-state index in [9.17, 15) is 9.59 Å². The highest BCUT2D eigenvalue weighted by Gasteiger charge is 2.32. The van der Waals surface area contributed by atoms with Gasteiger partial charge >= 0.3 is 11.9 Å². The second-order valence-electron chi connectivity index (χ2n) is 5.09. The second-order valence-corrected chi connectivity index (χ2v) is 5.09. The number of hydrogen-bond acceptors (Lipinski definition) is 4. The third-order valence-corrected chi connectivity index (χ3v) is 3.71. The lowest BCUT2D eigenvalue weighted by Crippen LogP contribution is -2.25. The summed E-state index contributed by atoms with van der Waals surface area (Å²) < 4.78 is 9.91. The number of allylic oxidation sites excluding steroid dienone is 1. The minimum Gasteiger partial charge on any atom is -0.469 e. The number of rotatable bonds is 4. The Labute approximate surface area is 124 Å². The molecule has 0 saturated carbocycles. The lowest BCUT2D eigenvalue weighted by Gasteiger charge is -2.26. The van der Waals surface area contributed by atoms with Crippen molar-refractivity contribution >= 4 is 11.9 Å². The molecule has 0 heterocycles. The molecule has 0 bridgehead atoms. The van der Waals surface area contributed by atoms with Gasteiger partial charge in [0.05, 0.1) is 19.6 Å². The van der Waals surface area contributed by atoms with Crippen LogP contribution in [0.1, 0.15) is 31.2 Å². The van der Waals surface area contributed by atoms with Gasteiger partial charge in [0.15, 0.2) is 0 Å². The van der Waals surface area contributed by atoms with Crippen LogP contribution >= 0.6 is 0 Å². The van der Waals surface area contributed by atoms with Crippen LogP contribution in [0.25, 0.3) is 0 Å². The molecule has 21 heavy (non-hydrogen) atoms. The van der Waals surface area contributed by atoms with E-state index in [-0.39, 0.29) is 23.8 Å². The third kappa shape index (κ3) is 3.72. The summed E-state index contributed by atoms with van der Waals surface area (Å²) in [5.41, 5.74) is 1.65. The van der Waals surface area contributed by atoms with Gasteiger partial charge in [0.1, 0.15) is 0 Å². The molecular formula is C17H20O4. The van der Waals surface area contributed by atoms with Crippen molar-refractivity contribution < 1.29 is 19.1 Å². The van der Waals surface area contributed by atoms with E-state index >= 15 is 0 Å². The molecule has 1 aromatic rings. The normalized spacial score (nSPS) is 21.3. The average molecular weight is 288 g/mol. The predicted octanol–water partition coefficient (Wildman–Crippen LogP) is 2.84. The minimum absolute atomic E-state index is 0.0310. The summed E-state index contributed by atoms with van der Waals surface area (Å²) in [6.45, 7) is 2.10. The zero-order valence-electron chi connectivity index (χ0n) is 12.4. The van der Waals surface area contributed by atoms with E-state index in [4.69, 9.17) is 9.47 Å². The van der Waals surface area contributed by atoms with Crippen molar-refractivity contribution in [2.24, 2.45) is 5.92 Å². The van der Waals surface area contributed by atoms with Crippen LogP contribution in [0.2, 0.25) is 0 Å². The third-order valence-electron chi connectivity index (χ3n) is 3.71. The molecule has 0 amide bonds. The van der Waals surface area contributed by atoms with E-state index in [0.717, 1.165) is 5.56 Å². The molecule has 1 aliphatic rings. The molecule has 2 unspecified atom stereocenters. The molecule has 0 aromatic heterocycles. The maximum Gasteiger partial charge on any atom is 0.333 e. The van der Waals surface area contributed by atoms with Gasteiger partial charge in [-0.25, -0.2) is 4.79 Å². The van der Waals surface area contributed by atoms with Crippen molar-refractivity contribution in [3.8, 4) is 0 Å². The fraction of sp³-hybridized carbons (Fsp3) is 0.412. The first kappa shape index (κ1) is 15.3. The van der Waals surface area contributed by atoms with Crippen molar-refractivity contribution in [3.05, 3.63) is 47.5 Å². The molecule has 4 nitrogen and oxygen atoms in total. The molecule has 0 radical (unpaired) electrons. The van der Waals surface area contributed by atoms with E-state index in [2.05, 4.69) is 0 Å². The van der Waals surface area contributed by atoms with E-state index in [1.165, 1.54) is 7.11 Å².